The third-order valence-electron chi connectivity index (χ3n) is 4.57. The summed E-state index contributed by atoms with van der Waals surface area (Å²) in [4.78, 5) is 4.10. The predicted octanol–water partition coefficient (Wildman–Crippen LogP) is 4.31. The average Bonchev–Trinajstić information content (AvgIpc) is 3.08. The quantitative estimate of drug-likeness (QED) is 0.531. The first-order valence-corrected chi connectivity index (χ1v) is 10.5. The van der Waals surface area contributed by atoms with Crippen LogP contribution in [0.15, 0.2) is 78.1 Å². The minimum Gasteiger partial charge on any atom is -0.316 e. The number of fused-ring (bicyclic) bond motifs is 1. The van der Waals surface area contributed by atoms with Crippen LogP contribution in [0.2, 0.25) is 5.02 Å². The van der Waals surface area contributed by atoms with Crippen LogP contribution in [0.1, 0.15) is 5.56 Å². The number of nitrogens with zero attached hydrogens (tertiary/aromatic N) is 2. The van der Waals surface area contributed by atoms with E-state index in [9.17, 15) is 8.42 Å². The van der Waals surface area contributed by atoms with Gasteiger partial charge in [0.25, 0.3) is 10.0 Å². The van der Waals surface area contributed by atoms with Gasteiger partial charge in [0, 0.05) is 35.5 Å². The summed E-state index contributed by atoms with van der Waals surface area (Å²) in [6.45, 7) is 0.558. The average molecular weight is 412 g/mol. The van der Waals surface area contributed by atoms with Crippen LogP contribution in [0, 0.1) is 0 Å². The van der Waals surface area contributed by atoms with Gasteiger partial charge >= 0.3 is 0 Å². The van der Waals surface area contributed by atoms with Gasteiger partial charge in [0.05, 0.1) is 5.52 Å². The van der Waals surface area contributed by atoms with Crippen molar-refractivity contribution in [3.63, 3.8) is 0 Å². The summed E-state index contributed by atoms with van der Waals surface area (Å²) in [6.07, 6.45) is 4.58. The first-order valence-electron chi connectivity index (χ1n) is 8.71. The van der Waals surface area contributed by atoms with Crippen LogP contribution in [-0.4, -0.2) is 24.4 Å². The van der Waals surface area contributed by atoms with Crippen molar-refractivity contribution in [3.8, 4) is 11.1 Å². The van der Waals surface area contributed by atoms with Crippen molar-refractivity contribution >= 4 is 32.5 Å². The fourth-order valence-electron chi connectivity index (χ4n) is 3.26. The van der Waals surface area contributed by atoms with Crippen LogP contribution >= 0.6 is 11.6 Å². The molecular formula is C21H18ClN3O2S. The molecule has 0 unspecified atom stereocenters. The lowest BCUT2D eigenvalue weighted by Crippen LogP contribution is -2.12. The van der Waals surface area contributed by atoms with E-state index in [-0.39, 0.29) is 4.90 Å². The van der Waals surface area contributed by atoms with Crippen LogP contribution < -0.4 is 5.32 Å². The van der Waals surface area contributed by atoms with E-state index < -0.39 is 10.0 Å². The summed E-state index contributed by atoms with van der Waals surface area (Å²) < 4.78 is 27.8. The first kappa shape index (κ1) is 18.7. The van der Waals surface area contributed by atoms with Crippen LogP contribution in [0.4, 0.5) is 0 Å². The number of aromatic nitrogens is 2. The Morgan fingerprint density at radius 3 is 2.61 bits per heavy atom. The van der Waals surface area contributed by atoms with Gasteiger partial charge in [0.1, 0.15) is 4.90 Å². The second-order valence-electron chi connectivity index (χ2n) is 6.42. The zero-order valence-corrected chi connectivity index (χ0v) is 16.7. The maximum atomic E-state index is 13.2. The molecule has 0 amide bonds. The molecule has 0 bridgehead atoms. The molecule has 7 heteroatoms. The lowest BCUT2D eigenvalue weighted by atomic mass is 10.0. The van der Waals surface area contributed by atoms with E-state index in [0.717, 1.165) is 22.1 Å². The van der Waals surface area contributed by atoms with Gasteiger partial charge in [-0.15, -0.1) is 0 Å². The molecule has 4 aromatic rings. The SMILES string of the molecule is CNCc1cn(S(=O)(=O)c2cccnc2)c2cc(-c3cccc(Cl)c3)ccc12. The lowest BCUT2D eigenvalue weighted by molar-refractivity contribution is 0.588. The molecular weight excluding hydrogens is 394 g/mol. The van der Waals surface area contributed by atoms with Gasteiger partial charge < -0.3 is 5.32 Å². The smallest absolute Gasteiger partial charge is 0.269 e. The molecule has 0 saturated carbocycles. The number of hydrogen-bond donors (Lipinski definition) is 1. The molecule has 28 heavy (non-hydrogen) atoms. The van der Waals surface area contributed by atoms with Gasteiger partial charge in [-0.2, -0.15) is 0 Å². The fraction of sp³-hybridized carbons (Fsp3) is 0.0952. The van der Waals surface area contributed by atoms with Crippen molar-refractivity contribution < 1.29 is 8.42 Å². The van der Waals surface area contributed by atoms with Gasteiger partial charge in [0.2, 0.25) is 0 Å². The summed E-state index contributed by atoms with van der Waals surface area (Å²) in [5.74, 6) is 0. The Hall–Kier alpha value is -2.67. The molecule has 0 saturated heterocycles. The number of nitrogens with one attached hydrogen (secondary N) is 1. The van der Waals surface area contributed by atoms with E-state index in [2.05, 4.69) is 10.3 Å². The Morgan fingerprint density at radius 2 is 1.89 bits per heavy atom. The van der Waals surface area contributed by atoms with E-state index >= 15 is 0 Å². The number of hydrogen-bond acceptors (Lipinski definition) is 4. The molecule has 0 aliphatic rings. The summed E-state index contributed by atoms with van der Waals surface area (Å²) in [6, 6.07) is 16.5. The zero-order chi connectivity index (χ0) is 19.7. The second kappa shape index (κ2) is 7.39. The lowest BCUT2D eigenvalue weighted by Gasteiger charge is -2.08. The molecule has 0 aliphatic carbocycles. The molecule has 0 radical (unpaired) electrons. The first-order chi connectivity index (χ1) is 13.5. The van der Waals surface area contributed by atoms with Gasteiger partial charge in [0.15, 0.2) is 0 Å². The van der Waals surface area contributed by atoms with Crippen molar-refractivity contribution in [2.24, 2.45) is 0 Å². The molecule has 4 rings (SSSR count). The molecule has 5 nitrogen and oxygen atoms in total. The molecule has 1 N–H and O–H groups in total. The third kappa shape index (κ3) is 3.30. The Balaban J connectivity index is 1.96. The molecule has 2 heterocycles. The van der Waals surface area contributed by atoms with Gasteiger partial charge in [-0.1, -0.05) is 35.9 Å². The Morgan fingerprint density at radius 1 is 1.07 bits per heavy atom. The maximum Gasteiger partial charge on any atom is 0.269 e. The number of benzene rings is 2. The van der Waals surface area contributed by atoms with E-state index in [4.69, 9.17) is 11.6 Å². The molecule has 142 valence electrons. The molecule has 2 aromatic heterocycles. The van der Waals surface area contributed by atoms with Crippen LogP contribution in [0.3, 0.4) is 0 Å². The van der Waals surface area contributed by atoms with Crippen molar-refractivity contribution in [1.82, 2.24) is 14.3 Å². The molecule has 0 fully saturated rings. The summed E-state index contributed by atoms with van der Waals surface area (Å²) in [5.41, 5.74) is 3.34. The molecule has 0 aliphatic heterocycles. The number of halogens is 1. The van der Waals surface area contributed by atoms with Crippen molar-refractivity contribution in [2.75, 3.05) is 7.05 Å². The van der Waals surface area contributed by atoms with Gasteiger partial charge in [-0.05, 0) is 54.1 Å². The van der Waals surface area contributed by atoms with Gasteiger partial charge in [-0.25, -0.2) is 12.4 Å². The third-order valence-corrected chi connectivity index (χ3v) is 6.46. The maximum absolute atomic E-state index is 13.2. The minimum absolute atomic E-state index is 0.149. The van der Waals surface area contributed by atoms with Crippen LogP contribution in [0.25, 0.3) is 22.0 Å². The summed E-state index contributed by atoms with van der Waals surface area (Å²) in [7, 11) is -1.94. The highest BCUT2D eigenvalue weighted by Crippen LogP contribution is 2.31. The monoisotopic (exact) mass is 411 g/mol. The van der Waals surface area contributed by atoms with E-state index in [1.165, 1.54) is 10.2 Å². The predicted molar refractivity (Wildman–Crippen MR) is 112 cm³/mol. The summed E-state index contributed by atoms with van der Waals surface area (Å²) >= 11 is 6.13. The highest BCUT2D eigenvalue weighted by Gasteiger charge is 2.21. The van der Waals surface area contributed by atoms with E-state index in [0.29, 0.717) is 17.1 Å². The Bertz CT molecular complexity index is 1250. The Labute approximate surface area is 168 Å². The van der Waals surface area contributed by atoms with Crippen molar-refractivity contribution in [2.45, 2.75) is 11.4 Å². The van der Waals surface area contributed by atoms with Gasteiger partial charge in [-0.3, -0.25) is 4.98 Å². The Kier molecular flexibility index (Phi) is 4.93. The fourth-order valence-corrected chi connectivity index (χ4v) is 4.80. The second-order valence-corrected chi connectivity index (χ2v) is 8.67. The topological polar surface area (TPSA) is 64.0 Å². The van der Waals surface area contributed by atoms with Crippen LogP contribution in [-0.2, 0) is 16.6 Å². The van der Waals surface area contributed by atoms with E-state index in [1.807, 2.05) is 49.5 Å². The molecule has 0 spiro atoms. The molecule has 0 atom stereocenters. The molecule has 2 aromatic carbocycles. The highest BCUT2D eigenvalue weighted by molar-refractivity contribution is 7.90. The normalized spacial score (nSPS) is 11.8. The minimum atomic E-state index is -3.77. The van der Waals surface area contributed by atoms with Crippen molar-refractivity contribution in [3.05, 3.63) is 83.8 Å². The highest BCUT2D eigenvalue weighted by atomic mass is 35.5. The largest absolute Gasteiger partial charge is 0.316 e. The van der Waals surface area contributed by atoms with Crippen LogP contribution in [0.5, 0.6) is 0 Å². The number of pyridine rings is 1. The zero-order valence-electron chi connectivity index (χ0n) is 15.1. The number of rotatable bonds is 5. The van der Waals surface area contributed by atoms with E-state index in [1.54, 1.807) is 24.5 Å². The standard InChI is InChI=1S/C21H18ClN3O2S/c1-23-12-17-14-25(28(26,27)19-6-3-9-24-13-19)21-11-16(7-8-20(17)21)15-4-2-5-18(22)10-15/h2-11,13-14,23H,12H2,1H3. The summed E-state index contributed by atoms with van der Waals surface area (Å²) in [5, 5.41) is 4.61. The van der Waals surface area contributed by atoms with Crippen molar-refractivity contribution in [1.29, 1.82) is 0 Å².